The molecule has 0 unspecified atom stereocenters. The average molecular weight is 517 g/mol. The Hall–Kier alpha value is -1.83. The average Bonchev–Trinajstić information content (AvgIpc) is 3.23. The molecule has 1 aliphatic rings. The van der Waals surface area contributed by atoms with Gasteiger partial charge in [-0.05, 0) is 71.4 Å². The molecular weight excluding hydrogens is 490 g/mol. The maximum Gasteiger partial charge on any atom is 0.275 e. The third-order valence-corrected chi connectivity index (χ3v) is 8.26. The van der Waals surface area contributed by atoms with E-state index in [0.717, 1.165) is 24.5 Å². The molecule has 3 aromatic rings. The van der Waals surface area contributed by atoms with Gasteiger partial charge in [-0.25, -0.2) is 4.98 Å². The van der Waals surface area contributed by atoms with E-state index in [4.69, 9.17) is 0 Å². The lowest BCUT2D eigenvalue weighted by atomic mass is 9.94. The normalized spacial score (nSPS) is 16.4. The standard InChI is InChI=1S/C24H26BrN3OS2/c1-3-17-8-7-13-28(14-17)22-16(2)21(31-18-9-5-4-6-10-18)12-11-19(22)26-23(29)20-15-30-24(25)27-20/h4-6,9-12,15,17H,3,7-8,13-14H2,1-2H3,(H,26,29)/t17-/m1/s1. The zero-order valence-corrected chi connectivity index (χ0v) is 20.9. The molecule has 1 saturated heterocycles. The maximum atomic E-state index is 12.9. The Bertz CT molecular complexity index is 1050. The van der Waals surface area contributed by atoms with Crippen molar-refractivity contribution in [1.29, 1.82) is 0 Å². The highest BCUT2D eigenvalue weighted by Crippen LogP contribution is 2.41. The third kappa shape index (κ3) is 5.33. The van der Waals surface area contributed by atoms with Crippen molar-refractivity contribution >= 4 is 56.3 Å². The Labute approximate surface area is 200 Å². The van der Waals surface area contributed by atoms with E-state index < -0.39 is 0 Å². The van der Waals surface area contributed by atoms with Gasteiger partial charge in [-0.15, -0.1) is 11.3 Å². The van der Waals surface area contributed by atoms with Crippen LogP contribution in [0.25, 0.3) is 0 Å². The lowest BCUT2D eigenvalue weighted by molar-refractivity contribution is 0.102. The van der Waals surface area contributed by atoms with Crippen LogP contribution in [0.5, 0.6) is 0 Å². The molecule has 0 bridgehead atoms. The number of amides is 1. The minimum atomic E-state index is -0.171. The van der Waals surface area contributed by atoms with Crippen molar-refractivity contribution in [2.45, 2.75) is 42.9 Å². The summed E-state index contributed by atoms with van der Waals surface area (Å²) in [7, 11) is 0. The second-order valence-corrected chi connectivity index (χ2v) is 11.1. The second kappa shape index (κ2) is 10.2. The van der Waals surface area contributed by atoms with E-state index in [-0.39, 0.29) is 5.91 Å². The van der Waals surface area contributed by atoms with Crippen molar-refractivity contribution in [1.82, 2.24) is 4.98 Å². The predicted molar refractivity (Wildman–Crippen MR) is 135 cm³/mol. The molecule has 0 aliphatic carbocycles. The van der Waals surface area contributed by atoms with Gasteiger partial charge >= 0.3 is 0 Å². The number of rotatable bonds is 6. The highest BCUT2D eigenvalue weighted by atomic mass is 79.9. The smallest absolute Gasteiger partial charge is 0.275 e. The molecule has 1 aliphatic heterocycles. The number of carbonyl (C=O) groups excluding carboxylic acids is 1. The Kier molecular flexibility index (Phi) is 7.35. The van der Waals surface area contributed by atoms with Gasteiger partial charge < -0.3 is 10.2 Å². The van der Waals surface area contributed by atoms with Crippen LogP contribution in [0.4, 0.5) is 11.4 Å². The number of benzene rings is 2. The van der Waals surface area contributed by atoms with Crippen LogP contribution < -0.4 is 10.2 Å². The largest absolute Gasteiger partial charge is 0.369 e. The zero-order valence-electron chi connectivity index (χ0n) is 17.7. The van der Waals surface area contributed by atoms with Crippen LogP contribution in [0, 0.1) is 12.8 Å². The molecule has 1 atom stereocenters. The van der Waals surface area contributed by atoms with Crippen LogP contribution >= 0.6 is 39.0 Å². The van der Waals surface area contributed by atoms with E-state index in [1.165, 1.54) is 46.0 Å². The van der Waals surface area contributed by atoms with E-state index >= 15 is 0 Å². The number of anilines is 2. The molecular formula is C24H26BrN3OS2. The highest BCUT2D eigenvalue weighted by Gasteiger charge is 2.24. The lowest BCUT2D eigenvalue weighted by Gasteiger charge is -2.36. The molecule has 0 spiro atoms. The fraction of sp³-hybridized carbons (Fsp3) is 0.333. The van der Waals surface area contributed by atoms with Gasteiger partial charge in [0.25, 0.3) is 5.91 Å². The SMILES string of the molecule is CC[C@@H]1CCCN(c2c(NC(=O)c3csc(Br)n3)ccc(Sc3ccccc3)c2C)C1. The molecule has 2 aromatic carbocycles. The third-order valence-electron chi connectivity index (χ3n) is 5.72. The fourth-order valence-electron chi connectivity index (χ4n) is 4.06. The summed E-state index contributed by atoms with van der Waals surface area (Å²) in [5.41, 5.74) is 3.65. The first-order valence-corrected chi connectivity index (χ1v) is 13.1. The van der Waals surface area contributed by atoms with Crippen LogP contribution in [-0.2, 0) is 0 Å². The van der Waals surface area contributed by atoms with Crippen LogP contribution in [0.15, 0.2) is 61.6 Å². The van der Waals surface area contributed by atoms with Crippen molar-refractivity contribution in [3.8, 4) is 0 Å². The first-order valence-electron chi connectivity index (χ1n) is 10.6. The first kappa shape index (κ1) is 22.4. The molecule has 1 aromatic heterocycles. The molecule has 1 N–H and O–H groups in total. The number of nitrogens with zero attached hydrogens (tertiary/aromatic N) is 2. The highest BCUT2D eigenvalue weighted by molar-refractivity contribution is 9.11. The molecule has 0 radical (unpaired) electrons. The van der Waals surface area contributed by atoms with E-state index in [1.54, 1.807) is 17.1 Å². The van der Waals surface area contributed by atoms with E-state index in [2.05, 4.69) is 75.3 Å². The summed E-state index contributed by atoms with van der Waals surface area (Å²) in [6, 6.07) is 14.6. The van der Waals surface area contributed by atoms with Gasteiger partial charge in [0.05, 0.1) is 11.4 Å². The molecule has 0 saturated carbocycles. The second-order valence-electron chi connectivity index (χ2n) is 7.80. The Balaban J connectivity index is 1.69. The van der Waals surface area contributed by atoms with Gasteiger partial charge in [0.2, 0.25) is 0 Å². The number of thiazole rings is 1. The van der Waals surface area contributed by atoms with Gasteiger partial charge in [0.1, 0.15) is 5.69 Å². The summed E-state index contributed by atoms with van der Waals surface area (Å²) in [5, 5.41) is 4.91. The van der Waals surface area contributed by atoms with Crippen LogP contribution in [-0.4, -0.2) is 24.0 Å². The van der Waals surface area contributed by atoms with Gasteiger partial charge in [-0.3, -0.25) is 4.79 Å². The number of hydrogen-bond acceptors (Lipinski definition) is 5. The van der Waals surface area contributed by atoms with E-state index in [0.29, 0.717) is 15.5 Å². The molecule has 162 valence electrons. The van der Waals surface area contributed by atoms with Gasteiger partial charge in [0, 0.05) is 28.3 Å². The van der Waals surface area contributed by atoms with Crippen molar-refractivity contribution in [2.75, 3.05) is 23.3 Å². The molecule has 7 heteroatoms. The summed E-state index contributed by atoms with van der Waals surface area (Å²) >= 11 is 6.53. The molecule has 4 nitrogen and oxygen atoms in total. The zero-order chi connectivity index (χ0) is 21.8. The number of aromatic nitrogens is 1. The van der Waals surface area contributed by atoms with Crippen molar-refractivity contribution in [3.05, 3.63) is 63.0 Å². The van der Waals surface area contributed by atoms with Gasteiger partial charge in [-0.2, -0.15) is 0 Å². The number of halogens is 1. The Morgan fingerprint density at radius 2 is 2.10 bits per heavy atom. The number of nitrogens with one attached hydrogen (secondary N) is 1. The maximum absolute atomic E-state index is 12.9. The van der Waals surface area contributed by atoms with E-state index in [1.807, 2.05) is 12.1 Å². The summed E-state index contributed by atoms with van der Waals surface area (Å²) in [6.07, 6.45) is 3.64. The van der Waals surface area contributed by atoms with Crippen molar-refractivity contribution in [3.63, 3.8) is 0 Å². The molecule has 4 rings (SSSR count). The van der Waals surface area contributed by atoms with Crippen molar-refractivity contribution in [2.24, 2.45) is 5.92 Å². The number of piperidine rings is 1. The Morgan fingerprint density at radius 3 is 2.81 bits per heavy atom. The lowest BCUT2D eigenvalue weighted by Crippen LogP contribution is -2.36. The van der Waals surface area contributed by atoms with Crippen molar-refractivity contribution < 1.29 is 4.79 Å². The van der Waals surface area contributed by atoms with Gasteiger partial charge in [0.15, 0.2) is 3.92 Å². The number of hydrogen-bond donors (Lipinski definition) is 1. The fourth-order valence-corrected chi connectivity index (χ4v) is 5.98. The Morgan fingerprint density at radius 1 is 1.29 bits per heavy atom. The molecule has 1 fully saturated rings. The molecule has 2 heterocycles. The van der Waals surface area contributed by atoms with Gasteiger partial charge in [-0.1, -0.05) is 43.3 Å². The summed E-state index contributed by atoms with van der Waals surface area (Å²) in [5.74, 6) is 0.520. The quantitative estimate of drug-likeness (QED) is 0.375. The molecule has 31 heavy (non-hydrogen) atoms. The molecule has 1 amide bonds. The summed E-state index contributed by atoms with van der Waals surface area (Å²) in [6.45, 7) is 6.49. The summed E-state index contributed by atoms with van der Waals surface area (Å²) in [4.78, 5) is 22.0. The minimum absolute atomic E-state index is 0.171. The minimum Gasteiger partial charge on any atom is -0.369 e. The van der Waals surface area contributed by atoms with E-state index in [9.17, 15) is 4.79 Å². The van der Waals surface area contributed by atoms with Crippen LogP contribution in [0.2, 0.25) is 0 Å². The number of carbonyl (C=O) groups is 1. The van der Waals surface area contributed by atoms with Crippen LogP contribution in [0.1, 0.15) is 42.2 Å². The first-order chi connectivity index (χ1) is 15.0. The monoisotopic (exact) mass is 515 g/mol. The summed E-state index contributed by atoms with van der Waals surface area (Å²) < 4.78 is 0.713. The topological polar surface area (TPSA) is 45.2 Å². The van der Waals surface area contributed by atoms with Crippen LogP contribution in [0.3, 0.4) is 0 Å². The predicted octanol–water partition coefficient (Wildman–Crippen LogP) is 7.24.